The maximum atomic E-state index is 14.1. The molecule has 0 unspecified atom stereocenters. The summed E-state index contributed by atoms with van der Waals surface area (Å²) in [5, 5.41) is 2.93. The molecule has 3 rings (SSSR count). The van der Waals surface area contributed by atoms with Crippen molar-refractivity contribution in [3.63, 3.8) is 0 Å². The van der Waals surface area contributed by atoms with Crippen molar-refractivity contribution in [2.75, 3.05) is 18.0 Å². The quantitative estimate of drug-likeness (QED) is 0.294. The van der Waals surface area contributed by atoms with E-state index in [-0.39, 0.29) is 29.1 Å². The van der Waals surface area contributed by atoms with Crippen LogP contribution >= 0.6 is 15.9 Å². The highest BCUT2D eigenvalue weighted by Crippen LogP contribution is 2.33. The van der Waals surface area contributed by atoms with Gasteiger partial charge in [0.1, 0.15) is 18.3 Å². The van der Waals surface area contributed by atoms with Gasteiger partial charge in [-0.05, 0) is 74.7 Å². The summed E-state index contributed by atoms with van der Waals surface area (Å²) in [6.07, 6.45) is 0.732. The number of nitrogens with one attached hydrogen (secondary N) is 1. The first-order valence-electron chi connectivity index (χ1n) is 13.0. The maximum absolute atomic E-state index is 14.1. The topological polar surface area (TPSA) is 96.0 Å². The van der Waals surface area contributed by atoms with Crippen LogP contribution in [0.1, 0.15) is 38.3 Å². The molecule has 0 radical (unpaired) electrons. The van der Waals surface area contributed by atoms with Gasteiger partial charge in [0, 0.05) is 17.1 Å². The van der Waals surface area contributed by atoms with E-state index in [9.17, 15) is 18.0 Å². The number of carbonyl (C=O) groups is 2. The molecular weight excluding hydrogens is 594 g/mol. The van der Waals surface area contributed by atoms with Gasteiger partial charge in [-0.1, -0.05) is 59.3 Å². The molecule has 3 aromatic rings. The number of benzene rings is 3. The van der Waals surface area contributed by atoms with Crippen molar-refractivity contribution >= 4 is 43.5 Å². The number of hydrogen-bond acceptors (Lipinski definition) is 5. The highest BCUT2D eigenvalue weighted by Gasteiger charge is 2.34. The molecule has 3 aromatic carbocycles. The summed E-state index contributed by atoms with van der Waals surface area (Å²) >= 11 is 3.42. The third-order valence-corrected chi connectivity index (χ3v) is 8.95. The highest BCUT2D eigenvalue weighted by atomic mass is 79.9. The Bertz CT molecular complexity index is 1420. The number of sulfonamides is 1. The third-order valence-electron chi connectivity index (χ3n) is 6.65. The lowest BCUT2D eigenvalue weighted by Gasteiger charge is -2.33. The van der Waals surface area contributed by atoms with Gasteiger partial charge in [0.15, 0.2) is 0 Å². The predicted octanol–water partition coefficient (Wildman–Crippen LogP) is 5.29. The number of carbonyl (C=O) groups excluding carboxylic acids is 2. The largest absolute Gasteiger partial charge is 0.495 e. The molecule has 2 amide bonds. The van der Waals surface area contributed by atoms with Crippen LogP contribution in [0.3, 0.4) is 0 Å². The molecule has 1 N–H and O–H groups in total. The average Bonchev–Trinajstić information content (AvgIpc) is 2.95. The standard InChI is InChI=1S/C30H36BrN3O5S/c1-6-22(3)32-30(36)23(4)33(19-24-13-15-25(31)16-14-24)29(35)20-34(27-18-21(2)12-17-28(27)39-5)40(37,38)26-10-8-7-9-11-26/h7-18,22-23H,6,19-20H2,1-5H3,(H,32,36)/t22-,23+/m1/s1. The Morgan fingerprint density at radius 2 is 1.65 bits per heavy atom. The van der Waals surface area contributed by atoms with Gasteiger partial charge in [0.25, 0.3) is 10.0 Å². The first kappa shape index (κ1) is 31.2. The van der Waals surface area contributed by atoms with Crippen LogP contribution < -0.4 is 14.4 Å². The number of halogens is 1. The zero-order chi connectivity index (χ0) is 29.4. The third kappa shape index (κ3) is 7.63. The van der Waals surface area contributed by atoms with Gasteiger partial charge in [0.05, 0.1) is 17.7 Å². The van der Waals surface area contributed by atoms with Crippen LogP contribution in [0.25, 0.3) is 0 Å². The van der Waals surface area contributed by atoms with Gasteiger partial charge in [-0.3, -0.25) is 13.9 Å². The van der Waals surface area contributed by atoms with Crippen molar-refractivity contribution in [3.05, 3.63) is 88.4 Å². The van der Waals surface area contributed by atoms with Crippen LogP contribution in [0, 0.1) is 6.92 Å². The van der Waals surface area contributed by atoms with Crippen molar-refractivity contribution in [3.8, 4) is 5.75 Å². The highest BCUT2D eigenvalue weighted by molar-refractivity contribution is 9.10. The maximum Gasteiger partial charge on any atom is 0.264 e. The summed E-state index contributed by atoms with van der Waals surface area (Å²) in [4.78, 5) is 28.7. The van der Waals surface area contributed by atoms with Crippen molar-refractivity contribution in [2.24, 2.45) is 0 Å². The van der Waals surface area contributed by atoms with Crippen molar-refractivity contribution in [1.29, 1.82) is 0 Å². The van der Waals surface area contributed by atoms with Gasteiger partial charge >= 0.3 is 0 Å². The van der Waals surface area contributed by atoms with Crippen molar-refractivity contribution in [2.45, 2.75) is 57.6 Å². The minimum absolute atomic E-state index is 0.0355. The number of aryl methyl sites for hydroxylation is 1. The minimum atomic E-state index is -4.18. The van der Waals surface area contributed by atoms with Crippen LogP contribution in [0.15, 0.2) is 82.2 Å². The molecule has 0 fully saturated rings. The number of ether oxygens (including phenoxy) is 1. The number of amides is 2. The Balaban J connectivity index is 2.08. The smallest absolute Gasteiger partial charge is 0.264 e. The Labute approximate surface area is 245 Å². The van der Waals surface area contributed by atoms with Gasteiger partial charge in [-0.2, -0.15) is 0 Å². The summed E-state index contributed by atoms with van der Waals surface area (Å²) in [7, 11) is -2.73. The second kappa shape index (κ2) is 13.8. The lowest BCUT2D eigenvalue weighted by molar-refractivity contribution is -0.139. The Morgan fingerprint density at radius 1 is 1.00 bits per heavy atom. The lowest BCUT2D eigenvalue weighted by atomic mass is 10.1. The molecule has 40 heavy (non-hydrogen) atoms. The number of methoxy groups -OCH3 is 1. The first-order valence-corrected chi connectivity index (χ1v) is 15.3. The summed E-state index contributed by atoms with van der Waals surface area (Å²) in [6.45, 7) is 6.92. The zero-order valence-corrected chi connectivity index (χ0v) is 25.8. The molecule has 0 aromatic heterocycles. The van der Waals surface area contributed by atoms with E-state index in [4.69, 9.17) is 4.74 Å². The molecule has 10 heteroatoms. The molecule has 0 saturated carbocycles. The van der Waals surface area contributed by atoms with E-state index in [1.807, 2.05) is 45.0 Å². The van der Waals surface area contributed by atoms with Crippen LogP contribution in [-0.4, -0.2) is 50.9 Å². The second-order valence-corrected chi connectivity index (χ2v) is 12.4. The van der Waals surface area contributed by atoms with Gasteiger partial charge in [-0.25, -0.2) is 8.42 Å². The van der Waals surface area contributed by atoms with Crippen molar-refractivity contribution in [1.82, 2.24) is 10.2 Å². The molecule has 0 spiro atoms. The normalized spacial score (nSPS) is 12.8. The monoisotopic (exact) mass is 629 g/mol. The minimum Gasteiger partial charge on any atom is -0.495 e. The van der Waals surface area contributed by atoms with Crippen LogP contribution in [-0.2, 0) is 26.2 Å². The lowest BCUT2D eigenvalue weighted by Crippen LogP contribution is -2.52. The first-order chi connectivity index (χ1) is 19.0. The Kier molecular flexibility index (Phi) is 10.8. The van der Waals surface area contributed by atoms with Gasteiger partial charge < -0.3 is 15.0 Å². The number of rotatable bonds is 12. The summed E-state index contributed by atoms with van der Waals surface area (Å²) in [5.41, 5.74) is 1.83. The van der Waals surface area contributed by atoms with Crippen LogP contribution in [0.5, 0.6) is 5.75 Å². The van der Waals surface area contributed by atoms with E-state index in [1.165, 1.54) is 24.1 Å². The second-order valence-electron chi connectivity index (χ2n) is 9.64. The van der Waals surface area contributed by atoms with Gasteiger partial charge in [-0.15, -0.1) is 0 Å². The molecule has 0 saturated heterocycles. The molecule has 0 bridgehead atoms. The molecule has 0 heterocycles. The summed E-state index contributed by atoms with van der Waals surface area (Å²) < 4.78 is 35.4. The summed E-state index contributed by atoms with van der Waals surface area (Å²) in [6, 6.07) is 19.6. The van der Waals surface area contributed by atoms with Crippen LogP contribution in [0.2, 0.25) is 0 Å². The number of anilines is 1. The van der Waals surface area contributed by atoms with Crippen molar-refractivity contribution < 1.29 is 22.7 Å². The van der Waals surface area contributed by atoms with E-state index >= 15 is 0 Å². The zero-order valence-electron chi connectivity index (χ0n) is 23.4. The molecule has 0 aliphatic heterocycles. The van der Waals surface area contributed by atoms with E-state index in [1.54, 1.807) is 43.3 Å². The fourth-order valence-corrected chi connectivity index (χ4v) is 5.76. The Morgan fingerprint density at radius 3 is 2.25 bits per heavy atom. The van der Waals surface area contributed by atoms with E-state index < -0.39 is 28.5 Å². The fourth-order valence-electron chi connectivity index (χ4n) is 4.06. The average molecular weight is 631 g/mol. The molecule has 2 atom stereocenters. The SMILES string of the molecule is CC[C@@H](C)NC(=O)[C@H](C)N(Cc1ccc(Br)cc1)C(=O)CN(c1cc(C)ccc1OC)S(=O)(=O)c1ccccc1. The van der Waals surface area contributed by atoms with E-state index in [0.29, 0.717) is 5.75 Å². The van der Waals surface area contributed by atoms with Gasteiger partial charge in [0.2, 0.25) is 11.8 Å². The van der Waals surface area contributed by atoms with Crippen LogP contribution in [0.4, 0.5) is 5.69 Å². The number of hydrogen-bond donors (Lipinski definition) is 1. The number of nitrogens with zero attached hydrogens (tertiary/aromatic N) is 2. The molecule has 214 valence electrons. The van der Waals surface area contributed by atoms with E-state index in [2.05, 4.69) is 21.2 Å². The molecular formula is C30H36BrN3O5S. The molecule has 0 aliphatic carbocycles. The summed E-state index contributed by atoms with van der Waals surface area (Å²) in [5.74, 6) is -0.539. The Hall–Kier alpha value is -3.37. The van der Waals surface area contributed by atoms with E-state index in [0.717, 1.165) is 26.3 Å². The fraction of sp³-hybridized carbons (Fsp3) is 0.333. The predicted molar refractivity (Wildman–Crippen MR) is 161 cm³/mol. The molecule has 8 nitrogen and oxygen atoms in total. The molecule has 0 aliphatic rings.